The van der Waals surface area contributed by atoms with Crippen molar-refractivity contribution in [3.8, 4) is 17.2 Å². The van der Waals surface area contributed by atoms with E-state index in [0.717, 1.165) is 16.9 Å². The van der Waals surface area contributed by atoms with Crippen LogP contribution in [0.15, 0.2) is 48.6 Å². The molecule has 0 aromatic heterocycles. The number of carbonyl (C=O) groups excluding carboxylic acids is 1. The maximum atomic E-state index is 12.4. The molecule has 0 saturated heterocycles. The van der Waals surface area contributed by atoms with Gasteiger partial charge in [0, 0.05) is 11.1 Å². The fourth-order valence-electron chi connectivity index (χ4n) is 2.76. The van der Waals surface area contributed by atoms with Gasteiger partial charge in [-0.25, -0.2) is 0 Å². The smallest absolute Gasteiger partial charge is 0.185 e. The third kappa shape index (κ3) is 3.80. The number of hydrogen-bond donors (Lipinski definition) is 0. The number of methoxy groups -OCH3 is 2. The van der Waals surface area contributed by atoms with Crippen LogP contribution in [0.25, 0.3) is 12.2 Å². The second-order valence-electron chi connectivity index (χ2n) is 6.60. The second-order valence-corrected chi connectivity index (χ2v) is 6.60. The second kappa shape index (κ2) is 7.08. The number of carbonyl (C=O) groups is 1. The minimum absolute atomic E-state index is 0.100. The van der Waals surface area contributed by atoms with E-state index in [1.54, 1.807) is 44.6 Å². The van der Waals surface area contributed by atoms with Gasteiger partial charge in [-0.3, -0.25) is 4.79 Å². The molecule has 4 nitrogen and oxygen atoms in total. The average Bonchev–Trinajstić information content (AvgIpc) is 2.64. The van der Waals surface area contributed by atoms with Gasteiger partial charge in [-0.05, 0) is 61.9 Å². The van der Waals surface area contributed by atoms with Crippen molar-refractivity contribution in [1.29, 1.82) is 0 Å². The molecule has 0 spiro atoms. The van der Waals surface area contributed by atoms with Gasteiger partial charge in [-0.15, -0.1) is 0 Å². The third-order valence-electron chi connectivity index (χ3n) is 4.17. The van der Waals surface area contributed by atoms with Gasteiger partial charge >= 0.3 is 0 Å². The predicted molar refractivity (Wildman–Crippen MR) is 103 cm³/mol. The summed E-state index contributed by atoms with van der Waals surface area (Å²) in [6.07, 6.45) is 7.43. The van der Waals surface area contributed by atoms with Gasteiger partial charge in [0.2, 0.25) is 0 Å². The van der Waals surface area contributed by atoms with Gasteiger partial charge in [0.05, 0.1) is 14.2 Å². The van der Waals surface area contributed by atoms with Crippen LogP contribution >= 0.6 is 0 Å². The van der Waals surface area contributed by atoms with E-state index < -0.39 is 0 Å². The van der Waals surface area contributed by atoms with Crippen LogP contribution in [0, 0.1) is 0 Å². The van der Waals surface area contributed by atoms with E-state index in [-0.39, 0.29) is 11.4 Å². The van der Waals surface area contributed by atoms with Crippen molar-refractivity contribution in [2.45, 2.75) is 19.4 Å². The number of ketones is 1. The Bertz CT molecular complexity index is 891. The molecule has 1 aliphatic heterocycles. The maximum Gasteiger partial charge on any atom is 0.185 e. The Labute approximate surface area is 153 Å². The summed E-state index contributed by atoms with van der Waals surface area (Å²) in [7, 11) is 3.11. The van der Waals surface area contributed by atoms with E-state index in [0.29, 0.717) is 17.1 Å². The molecule has 2 aromatic rings. The van der Waals surface area contributed by atoms with Crippen molar-refractivity contribution >= 4 is 17.9 Å². The van der Waals surface area contributed by atoms with Crippen LogP contribution in [-0.2, 0) is 0 Å². The fraction of sp³-hybridized carbons (Fsp3) is 0.227. The predicted octanol–water partition coefficient (Wildman–Crippen LogP) is 4.78. The number of rotatable bonds is 5. The Morgan fingerprint density at radius 2 is 1.81 bits per heavy atom. The fourth-order valence-corrected chi connectivity index (χ4v) is 2.76. The average molecular weight is 350 g/mol. The molecule has 0 amide bonds. The van der Waals surface area contributed by atoms with Crippen molar-refractivity contribution in [3.63, 3.8) is 0 Å². The first kappa shape index (κ1) is 17.8. The van der Waals surface area contributed by atoms with Crippen LogP contribution in [0.4, 0.5) is 0 Å². The van der Waals surface area contributed by atoms with Crippen LogP contribution in [0.2, 0.25) is 0 Å². The topological polar surface area (TPSA) is 44.8 Å². The Balaban J connectivity index is 1.79. The molecule has 4 heteroatoms. The maximum absolute atomic E-state index is 12.4. The Kier molecular flexibility index (Phi) is 4.85. The lowest BCUT2D eigenvalue weighted by Crippen LogP contribution is -2.27. The summed E-state index contributed by atoms with van der Waals surface area (Å²) in [4.78, 5) is 12.4. The highest BCUT2D eigenvalue weighted by Gasteiger charge is 2.21. The lowest BCUT2D eigenvalue weighted by Gasteiger charge is -2.27. The third-order valence-corrected chi connectivity index (χ3v) is 4.17. The van der Waals surface area contributed by atoms with E-state index in [4.69, 9.17) is 14.2 Å². The Hall–Kier alpha value is -3.01. The largest absolute Gasteiger partial charge is 0.493 e. The van der Waals surface area contributed by atoms with Crippen molar-refractivity contribution in [2.24, 2.45) is 0 Å². The summed E-state index contributed by atoms with van der Waals surface area (Å²) in [5.41, 5.74) is 2.19. The lowest BCUT2D eigenvalue weighted by molar-refractivity contribution is 0.104. The molecule has 3 rings (SSSR count). The lowest BCUT2D eigenvalue weighted by atomic mass is 10.0. The summed E-state index contributed by atoms with van der Waals surface area (Å²) < 4.78 is 16.4. The molecule has 2 aromatic carbocycles. The van der Waals surface area contributed by atoms with Gasteiger partial charge in [-0.2, -0.15) is 0 Å². The van der Waals surface area contributed by atoms with Crippen LogP contribution in [0.5, 0.6) is 17.2 Å². The molecule has 134 valence electrons. The highest BCUT2D eigenvalue weighted by atomic mass is 16.5. The quantitative estimate of drug-likeness (QED) is 0.575. The molecule has 0 saturated carbocycles. The van der Waals surface area contributed by atoms with E-state index in [2.05, 4.69) is 0 Å². The molecule has 0 radical (unpaired) electrons. The molecule has 0 bridgehead atoms. The summed E-state index contributed by atoms with van der Waals surface area (Å²) in [6.45, 7) is 4.03. The number of hydrogen-bond acceptors (Lipinski definition) is 4. The highest BCUT2D eigenvalue weighted by Crippen LogP contribution is 2.32. The van der Waals surface area contributed by atoms with E-state index in [1.165, 1.54) is 0 Å². The van der Waals surface area contributed by atoms with Gasteiger partial charge in [0.15, 0.2) is 17.3 Å². The minimum Gasteiger partial charge on any atom is -0.493 e. The van der Waals surface area contributed by atoms with Crippen LogP contribution in [-0.4, -0.2) is 25.6 Å². The van der Waals surface area contributed by atoms with Gasteiger partial charge in [0.25, 0.3) is 0 Å². The van der Waals surface area contributed by atoms with Crippen molar-refractivity contribution in [3.05, 3.63) is 65.2 Å². The first-order chi connectivity index (χ1) is 12.4. The Morgan fingerprint density at radius 3 is 2.54 bits per heavy atom. The molecule has 1 aliphatic rings. The van der Waals surface area contributed by atoms with Crippen molar-refractivity contribution in [1.82, 2.24) is 0 Å². The molecule has 0 atom stereocenters. The first-order valence-corrected chi connectivity index (χ1v) is 8.38. The summed E-state index contributed by atoms with van der Waals surface area (Å²) in [5.74, 6) is 1.88. The SMILES string of the molecule is COc1ccc(C(=O)C=Cc2ccc3c(c2)C=CC(C)(C)O3)cc1OC. The molecule has 0 aliphatic carbocycles. The molecular weight excluding hydrogens is 328 g/mol. The zero-order chi connectivity index (χ0) is 18.7. The minimum atomic E-state index is -0.298. The van der Waals surface area contributed by atoms with Gasteiger partial charge in [-0.1, -0.05) is 18.2 Å². The van der Waals surface area contributed by atoms with Crippen molar-refractivity contribution in [2.75, 3.05) is 14.2 Å². The van der Waals surface area contributed by atoms with E-state index in [9.17, 15) is 4.79 Å². The molecule has 26 heavy (non-hydrogen) atoms. The zero-order valence-electron chi connectivity index (χ0n) is 15.4. The number of fused-ring (bicyclic) bond motifs is 1. The monoisotopic (exact) mass is 350 g/mol. The van der Waals surface area contributed by atoms with Crippen molar-refractivity contribution < 1.29 is 19.0 Å². The molecular formula is C22H22O4. The van der Waals surface area contributed by atoms with Crippen LogP contribution in [0.3, 0.4) is 0 Å². The number of ether oxygens (including phenoxy) is 3. The highest BCUT2D eigenvalue weighted by molar-refractivity contribution is 6.07. The van der Waals surface area contributed by atoms with Gasteiger partial charge < -0.3 is 14.2 Å². The molecule has 0 N–H and O–H groups in total. The van der Waals surface area contributed by atoms with E-state index >= 15 is 0 Å². The summed E-state index contributed by atoms with van der Waals surface area (Å²) in [5, 5.41) is 0. The van der Waals surface area contributed by atoms with Crippen LogP contribution < -0.4 is 14.2 Å². The number of benzene rings is 2. The van der Waals surface area contributed by atoms with E-state index in [1.807, 2.05) is 44.2 Å². The summed E-state index contributed by atoms with van der Waals surface area (Å²) in [6, 6.07) is 11.0. The molecule has 0 unspecified atom stereocenters. The standard InChI is InChI=1S/C22H22O4/c1-22(2)12-11-17-13-15(6-9-19(17)26-22)5-8-18(23)16-7-10-20(24-3)21(14-16)25-4/h5-14H,1-4H3. The van der Waals surface area contributed by atoms with Crippen LogP contribution in [0.1, 0.15) is 35.3 Å². The Morgan fingerprint density at radius 1 is 1.04 bits per heavy atom. The molecule has 1 heterocycles. The summed E-state index contributed by atoms with van der Waals surface area (Å²) >= 11 is 0. The first-order valence-electron chi connectivity index (χ1n) is 8.38. The number of allylic oxidation sites excluding steroid dienone is 1. The zero-order valence-corrected chi connectivity index (χ0v) is 15.4. The normalized spacial score (nSPS) is 14.6. The van der Waals surface area contributed by atoms with Gasteiger partial charge in [0.1, 0.15) is 11.4 Å². The molecule has 0 fully saturated rings.